The molecule has 0 aliphatic carbocycles. The van der Waals surface area contributed by atoms with Gasteiger partial charge in [0.05, 0.1) is 16.6 Å². The lowest BCUT2D eigenvalue weighted by Crippen LogP contribution is -1.97. The topological polar surface area (TPSA) is 31.0 Å². The fourth-order valence-electron chi connectivity index (χ4n) is 4.87. The fourth-order valence-corrected chi connectivity index (χ4v) is 4.87. The Labute approximate surface area is 218 Å². The highest BCUT2D eigenvalue weighted by Crippen LogP contribution is 2.35. The zero-order valence-electron chi connectivity index (χ0n) is 22.0. The highest BCUT2D eigenvalue weighted by Gasteiger charge is 2.18. The normalized spacial score (nSPS) is 12.5. The molecule has 7 aromatic rings. The van der Waals surface area contributed by atoms with E-state index in [2.05, 4.69) is 47.0 Å². The summed E-state index contributed by atoms with van der Waals surface area (Å²) in [6.07, 6.45) is 0.0820. The third kappa shape index (κ3) is 3.91. The number of hydrogen-bond acceptors (Lipinski definition) is 2. The molecular weight excluding hydrogens is 452 g/mol. The van der Waals surface area contributed by atoms with E-state index in [4.69, 9.17) is 12.1 Å². The van der Waals surface area contributed by atoms with Gasteiger partial charge in [-0.1, -0.05) is 97.1 Å². The molecule has 0 amide bonds. The van der Waals surface area contributed by atoms with Crippen LogP contribution in [0.1, 0.15) is 13.9 Å². The van der Waals surface area contributed by atoms with Crippen LogP contribution in [0.15, 0.2) is 138 Å². The van der Waals surface area contributed by atoms with E-state index in [0.29, 0.717) is 16.7 Å². The molecule has 0 unspecified atom stereocenters. The molecule has 0 aliphatic heterocycles. The van der Waals surface area contributed by atoms with Crippen LogP contribution in [0.4, 0.5) is 0 Å². The first kappa shape index (κ1) is 19.3. The molecule has 0 radical (unpaired) electrons. The van der Waals surface area contributed by atoms with Crippen molar-refractivity contribution in [3.63, 3.8) is 0 Å². The van der Waals surface area contributed by atoms with Gasteiger partial charge in [0, 0.05) is 13.8 Å². The van der Waals surface area contributed by atoms with Gasteiger partial charge < -0.3 is 4.42 Å². The second-order valence-corrected chi connectivity index (χ2v) is 9.02. The maximum atomic E-state index is 8.76. The van der Waals surface area contributed by atoms with Crippen LogP contribution in [0.3, 0.4) is 0 Å². The molecule has 0 saturated carbocycles. The summed E-state index contributed by atoms with van der Waals surface area (Å²) >= 11 is 0. The van der Waals surface area contributed by atoms with E-state index in [1.807, 2.05) is 78.9 Å². The van der Waals surface area contributed by atoms with Gasteiger partial charge in [-0.15, -0.1) is 0 Å². The largest absolute Gasteiger partial charge is 0.464 e. The molecule has 2 aromatic heterocycles. The Bertz CT molecular complexity index is 1920. The van der Waals surface area contributed by atoms with Gasteiger partial charge in [-0.05, 0) is 59.0 Å². The van der Waals surface area contributed by atoms with Gasteiger partial charge >= 0.3 is 0 Å². The van der Waals surface area contributed by atoms with E-state index in [9.17, 15) is 0 Å². The molecule has 0 bridgehead atoms. The number of para-hydroxylation sites is 2. The Balaban J connectivity index is 1.35. The molecule has 0 spiro atoms. The summed E-state index contributed by atoms with van der Waals surface area (Å²) in [4.78, 5) is 5.01. The molecule has 0 atom stereocenters. The summed E-state index contributed by atoms with van der Waals surface area (Å²) in [7, 11) is 0. The fraction of sp³-hybridized carbons (Fsp3) is 0.0294. The molecule has 0 fully saturated rings. The predicted molar refractivity (Wildman–Crippen MR) is 151 cm³/mol. The maximum Gasteiger partial charge on any atom is 0.149 e. The molecule has 176 valence electrons. The van der Waals surface area contributed by atoms with Gasteiger partial charge in [0.1, 0.15) is 17.7 Å². The van der Waals surface area contributed by atoms with Crippen LogP contribution in [0.5, 0.6) is 0 Å². The Hall–Kier alpha value is -4.89. The molecule has 37 heavy (non-hydrogen) atoms. The van der Waals surface area contributed by atoms with Crippen molar-refractivity contribution in [2.24, 2.45) is 0 Å². The average Bonchev–Trinajstić information content (AvgIpc) is 3.59. The summed E-state index contributed by atoms with van der Waals surface area (Å²) in [5.74, 6) is 0.779. The lowest BCUT2D eigenvalue weighted by molar-refractivity contribution is 0.616. The van der Waals surface area contributed by atoms with Gasteiger partial charge in [-0.2, -0.15) is 0 Å². The second kappa shape index (κ2) is 8.96. The monoisotopic (exact) mass is 478 g/mol. The molecule has 0 N–H and O–H groups in total. The van der Waals surface area contributed by atoms with E-state index in [0.717, 1.165) is 39.1 Å². The van der Waals surface area contributed by atoms with Crippen molar-refractivity contribution in [1.82, 2.24) is 9.55 Å². The molecule has 3 nitrogen and oxygen atoms in total. The van der Waals surface area contributed by atoms with Crippen molar-refractivity contribution < 1.29 is 7.16 Å². The Kier molecular flexibility index (Phi) is 4.68. The molecule has 0 saturated heterocycles. The van der Waals surface area contributed by atoms with Gasteiger partial charge in [0.2, 0.25) is 0 Å². The maximum absolute atomic E-state index is 8.76. The predicted octanol–water partition coefficient (Wildman–Crippen LogP) is 8.70. The van der Waals surface area contributed by atoms with Crippen LogP contribution < -0.4 is 0 Å². The van der Waals surface area contributed by atoms with Gasteiger partial charge in [-0.3, -0.25) is 4.57 Å². The Morgan fingerprint density at radius 2 is 1.38 bits per heavy atom. The lowest BCUT2D eigenvalue weighted by Gasteiger charge is -2.10. The van der Waals surface area contributed by atoms with Crippen LogP contribution in [0.2, 0.25) is 0 Å². The highest BCUT2D eigenvalue weighted by atomic mass is 16.3. The highest BCUT2D eigenvalue weighted by molar-refractivity contribution is 5.95. The van der Waals surface area contributed by atoms with Crippen molar-refractivity contribution in [1.29, 1.82) is 0 Å². The van der Waals surface area contributed by atoms with E-state index in [-0.39, 0.29) is 0 Å². The number of benzene rings is 5. The molecule has 0 aliphatic rings. The van der Waals surface area contributed by atoms with Gasteiger partial charge in [-0.25, -0.2) is 4.98 Å². The second-order valence-electron chi connectivity index (χ2n) is 9.02. The van der Waals surface area contributed by atoms with Crippen molar-refractivity contribution in [2.75, 3.05) is 0 Å². The van der Waals surface area contributed by atoms with E-state index < -0.39 is 6.37 Å². The molecule has 2 heterocycles. The van der Waals surface area contributed by atoms with Gasteiger partial charge in [0.25, 0.3) is 0 Å². The van der Waals surface area contributed by atoms with Crippen molar-refractivity contribution in [3.05, 3.63) is 145 Å². The third-order valence-electron chi connectivity index (χ3n) is 6.67. The quantitative estimate of drug-likeness (QED) is 0.248. The van der Waals surface area contributed by atoms with Crippen LogP contribution in [-0.4, -0.2) is 9.55 Å². The average molecular weight is 479 g/mol. The van der Waals surface area contributed by atoms with Crippen LogP contribution in [-0.2, 0) is 6.37 Å². The first-order valence-electron chi connectivity index (χ1n) is 13.3. The summed E-state index contributed by atoms with van der Waals surface area (Å²) in [5.41, 5.74) is 7.87. The summed E-state index contributed by atoms with van der Waals surface area (Å²) in [6.45, 7) is 0. The Morgan fingerprint density at radius 3 is 2.19 bits per heavy atom. The zero-order valence-corrected chi connectivity index (χ0v) is 20.0. The van der Waals surface area contributed by atoms with E-state index in [1.165, 1.54) is 5.56 Å². The number of aromatic nitrogens is 2. The Morgan fingerprint density at radius 1 is 0.676 bits per heavy atom. The van der Waals surface area contributed by atoms with Crippen molar-refractivity contribution in [2.45, 2.75) is 6.37 Å². The first-order valence-corrected chi connectivity index (χ1v) is 12.3. The minimum absolute atomic E-state index is 0.548. The van der Waals surface area contributed by atoms with E-state index >= 15 is 0 Å². The number of hydrogen-bond donors (Lipinski definition) is 0. The number of nitrogens with zero attached hydrogens (tertiary/aromatic N) is 2. The summed E-state index contributed by atoms with van der Waals surface area (Å²) in [6, 6.07) is 41.7. The third-order valence-corrected chi connectivity index (χ3v) is 6.67. The summed E-state index contributed by atoms with van der Waals surface area (Å²) in [5, 5.41) is 0.889. The van der Waals surface area contributed by atoms with Crippen LogP contribution in [0.25, 0.3) is 50.2 Å². The van der Waals surface area contributed by atoms with Crippen molar-refractivity contribution >= 4 is 22.0 Å². The smallest absolute Gasteiger partial charge is 0.149 e. The first-order chi connectivity index (χ1) is 19.1. The van der Waals surface area contributed by atoms with E-state index in [1.54, 1.807) is 12.3 Å². The standard InChI is InChI=1S/C34H24N2O/c1-3-9-24(10-4-1)21-25-15-20-29-30(23-37-33(29)22-25)34-35-31-13-7-8-14-32(31)36(34)28-18-16-27(17-19-28)26-11-5-2-6-12-26/h1-20,22-23H,21H2/i21D2. The number of imidazole rings is 1. The molecule has 5 aromatic carbocycles. The van der Waals surface area contributed by atoms with Crippen molar-refractivity contribution in [3.8, 4) is 28.2 Å². The minimum Gasteiger partial charge on any atom is -0.464 e. The SMILES string of the molecule is [2H]C([2H])(c1ccccc1)c1ccc2c(-c3nc4ccccc4n3-c3ccc(-c4ccccc4)cc3)coc2c1. The minimum atomic E-state index is -1.64. The number of rotatable bonds is 5. The molecular formula is C34H24N2O. The molecule has 7 rings (SSSR count). The van der Waals surface area contributed by atoms with Crippen LogP contribution >= 0.6 is 0 Å². The van der Waals surface area contributed by atoms with Crippen LogP contribution in [0, 0.1) is 0 Å². The lowest BCUT2D eigenvalue weighted by atomic mass is 10.0. The molecule has 3 heteroatoms. The van der Waals surface area contributed by atoms with Gasteiger partial charge in [0.15, 0.2) is 0 Å². The number of furan rings is 1. The summed E-state index contributed by atoms with van der Waals surface area (Å²) < 4.78 is 25.7. The number of fused-ring (bicyclic) bond motifs is 2. The zero-order chi connectivity index (χ0) is 26.4.